The molecule has 1 N–H and O–H groups in total. The average molecular weight is 267 g/mol. The topological polar surface area (TPSA) is 39.1 Å². The van der Waals surface area contributed by atoms with Gasteiger partial charge in [0.05, 0.1) is 11.3 Å². The minimum Gasteiger partial charge on any atom is -0.378 e. The molecule has 0 radical (unpaired) electrons. The van der Waals surface area contributed by atoms with Gasteiger partial charge in [0, 0.05) is 12.6 Å². The van der Waals surface area contributed by atoms with Crippen LogP contribution < -0.4 is 5.32 Å². The van der Waals surface area contributed by atoms with Crippen molar-refractivity contribution in [3.05, 3.63) is 29.3 Å². The molecular weight excluding hydrogens is 248 g/mol. The van der Waals surface area contributed by atoms with Crippen molar-refractivity contribution in [2.75, 3.05) is 26.0 Å². The number of nitriles is 1. The van der Waals surface area contributed by atoms with E-state index in [4.69, 9.17) is 5.26 Å². The minimum absolute atomic E-state index is 0.00293. The lowest BCUT2D eigenvalue weighted by molar-refractivity contribution is 0.343. The average Bonchev–Trinajstić information content (AvgIpc) is 2.33. The molecule has 1 rings (SSSR count). The fraction of sp³-hybridized carbons (Fsp3) is 0.500. The summed E-state index contributed by atoms with van der Waals surface area (Å²) in [7, 11) is 3.85. The third-order valence-electron chi connectivity index (χ3n) is 2.91. The van der Waals surface area contributed by atoms with Crippen molar-refractivity contribution in [1.82, 2.24) is 4.90 Å². The molecule has 3 nitrogen and oxygen atoms in total. The van der Waals surface area contributed by atoms with Crippen molar-refractivity contribution in [3.63, 3.8) is 0 Å². The molecule has 0 amide bonds. The van der Waals surface area contributed by atoms with Crippen LogP contribution in [0.1, 0.15) is 19.4 Å². The van der Waals surface area contributed by atoms with Crippen LogP contribution in [0.25, 0.3) is 0 Å². The van der Waals surface area contributed by atoms with E-state index in [9.17, 15) is 8.78 Å². The Morgan fingerprint density at radius 3 is 2.37 bits per heavy atom. The molecule has 0 aliphatic heterocycles. The van der Waals surface area contributed by atoms with E-state index in [1.54, 1.807) is 6.07 Å². The second kappa shape index (κ2) is 6.48. The Morgan fingerprint density at radius 2 is 1.89 bits per heavy atom. The molecule has 5 heteroatoms. The highest BCUT2D eigenvalue weighted by molar-refractivity contribution is 5.50. The number of hydrogen-bond acceptors (Lipinski definition) is 3. The van der Waals surface area contributed by atoms with E-state index in [-0.39, 0.29) is 23.2 Å². The molecule has 0 aliphatic rings. The lowest BCUT2D eigenvalue weighted by Gasteiger charge is -2.26. The Kier molecular flexibility index (Phi) is 5.25. The maximum Gasteiger partial charge on any atom is 0.183 e. The van der Waals surface area contributed by atoms with E-state index >= 15 is 0 Å². The fourth-order valence-corrected chi connectivity index (χ4v) is 1.76. The van der Waals surface area contributed by atoms with Gasteiger partial charge in [0.15, 0.2) is 11.6 Å². The number of halogens is 2. The van der Waals surface area contributed by atoms with Gasteiger partial charge >= 0.3 is 0 Å². The van der Waals surface area contributed by atoms with Crippen LogP contribution in [-0.4, -0.2) is 31.6 Å². The second-order valence-corrected chi connectivity index (χ2v) is 5.16. The van der Waals surface area contributed by atoms with Gasteiger partial charge in [0.25, 0.3) is 0 Å². The fourth-order valence-electron chi connectivity index (χ4n) is 1.76. The second-order valence-electron chi connectivity index (χ2n) is 5.16. The van der Waals surface area contributed by atoms with Crippen LogP contribution in [0.4, 0.5) is 14.5 Å². The molecule has 1 atom stereocenters. The van der Waals surface area contributed by atoms with Gasteiger partial charge < -0.3 is 10.2 Å². The van der Waals surface area contributed by atoms with Crippen LogP contribution >= 0.6 is 0 Å². The summed E-state index contributed by atoms with van der Waals surface area (Å²) in [5, 5.41) is 11.6. The monoisotopic (exact) mass is 267 g/mol. The number of rotatable bonds is 5. The molecule has 19 heavy (non-hydrogen) atoms. The van der Waals surface area contributed by atoms with Gasteiger partial charge in [-0.05, 0) is 32.1 Å². The van der Waals surface area contributed by atoms with E-state index < -0.39 is 11.6 Å². The van der Waals surface area contributed by atoms with Crippen molar-refractivity contribution in [3.8, 4) is 6.07 Å². The van der Waals surface area contributed by atoms with Gasteiger partial charge in [-0.3, -0.25) is 0 Å². The summed E-state index contributed by atoms with van der Waals surface area (Å²) in [5.41, 5.74) is -0.186. The van der Waals surface area contributed by atoms with Crippen LogP contribution in [-0.2, 0) is 0 Å². The molecule has 0 spiro atoms. The third-order valence-corrected chi connectivity index (χ3v) is 2.91. The lowest BCUT2D eigenvalue weighted by atomic mass is 10.0. The number of likely N-dealkylation sites (N-methyl/N-ethyl adjacent to an activating group) is 1. The van der Waals surface area contributed by atoms with Gasteiger partial charge in [-0.1, -0.05) is 13.8 Å². The van der Waals surface area contributed by atoms with Gasteiger partial charge in [-0.2, -0.15) is 5.26 Å². The van der Waals surface area contributed by atoms with E-state index in [2.05, 4.69) is 5.32 Å². The van der Waals surface area contributed by atoms with E-state index in [1.165, 1.54) is 12.1 Å². The first kappa shape index (κ1) is 15.4. The van der Waals surface area contributed by atoms with Crippen LogP contribution in [0.3, 0.4) is 0 Å². The molecule has 0 bridgehead atoms. The summed E-state index contributed by atoms with van der Waals surface area (Å²) >= 11 is 0. The minimum atomic E-state index is -1.10. The normalized spacial score (nSPS) is 12.6. The molecule has 0 heterocycles. The van der Waals surface area contributed by atoms with Gasteiger partial charge in [0.1, 0.15) is 6.07 Å². The van der Waals surface area contributed by atoms with E-state index in [1.807, 2.05) is 32.8 Å². The number of benzene rings is 1. The summed E-state index contributed by atoms with van der Waals surface area (Å²) < 4.78 is 27.3. The molecule has 1 aromatic carbocycles. The lowest BCUT2D eigenvalue weighted by Crippen LogP contribution is -2.36. The Hall–Kier alpha value is -1.67. The summed E-state index contributed by atoms with van der Waals surface area (Å²) in [6, 6.07) is 4.31. The van der Waals surface area contributed by atoms with Gasteiger partial charge in [-0.15, -0.1) is 0 Å². The summed E-state index contributed by atoms with van der Waals surface area (Å²) in [5.74, 6) is -1.83. The predicted molar refractivity (Wildman–Crippen MR) is 71.9 cm³/mol. The molecule has 0 saturated carbocycles. The van der Waals surface area contributed by atoms with Crippen molar-refractivity contribution in [1.29, 1.82) is 5.26 Å². The molecule has 0 saturated heterocycles. The van der Waals surface area contributed by atoms with Crippen molar-refractivity contribution in [2.45, 2.75) is 19.9 Å². The van der Waals surface area contributed by atoms with Crippen LogP contribution in [0.5, 0.6) is 0 Å². The maximum absolute atomic E-state index is 13.8. The standard InChI is InChI=1S/C14H19F2N3/c1-9(2)12(8-19(3)4)18-11-6-5-10(7-17)13(15)14(11)16/h5-6,9,12,18H,8H2,1-4H3. The van der Waals surface area contributed by atoms with E-state index in [0.717, 1.165) is 0 Å². The molecule has 1 unspecified atom stereocenters. The first-order valence-corrected chi connectivity index (χ1v) is 6.16. The largest absolute Gasteiger partial charge is 0.378 e. The molecule has 0 aliphatic carbocycles. The highest BCUT2D eigenvalue weighted by Gasteiger charge is 2.19. The first-order chi connectivity index (χ1) is 8.86. The Labute approximate surface area is 112 Å². The zero-order chi connectivity index (χ0) is 14.6. The Balaban J connectivity index is 2.98. The maximum atomic E-state index is 13.8. The van der Waals surface area contributed by atoms with E-state index in [0.29, 0.717) is 6.54 Å². The zero-order valence-electron chi connectivity index (χ0n) is 11.7. The van der Waals surface area contributed by atoms with Crippen LogP contribution in [0.2, 0.25) is 0 Å². The highest BCUT2D eigenvalue weighted by atomic mass is 19.2. The third kappa shape index (κ3) is 3.90. The number of anilines is 1. The first-order valence-electron chi connectivity index (χ1n) is 6.16. The van der Waals surface area contributed by atoms with Gasteiger partial charge in [-0.25, -0.2) is 8.78 Å². The summed E-state index contributed by atoms with van der Waals surface area (Å²) in [6.45, 7) is 4.73. The van der Waals surface area contributed by atoms with Crippen LogP contribution in [0.15, 0.2) is 12.1 Å². The highest BCUT2D eigenvalue weighted by Crippen LogP contribution is 2.22. The van der Waals surface area contributed by atoms with Crippen LogP contribution in [0, 0.1) is 28.9 Å². The Bertz CT molecular complexity index is 478. The number of hydrogen-bond donors (Lipinski definition) is 1. The van der Waals surface area contributed by atoms with Crippen molar-refractivity contribution < 1.29 is 8.78 Å². The summed E-state index contributed by atoms with van der Waals surface area (Å²) in [6.07, 6.45) is 0. The van der Waals surface area contributed by atoms with Crippen molar-refractivity contribution >= 4 is 5.69 Å². The van der Waals surface area contributed by atoms with Crippen molar-refractivity contribution in [2.24, 2.45) is 5.92 Å². The van der Waals surface area contributed by atoms with Gasteiger partial charge in [0.2, 0.25) is 0 Å². The predicted octanol–water partition coefficient (Wildman–Crippen LogP) is 2.83. The molecule has 0 fully saturated rings. The molecular formula is C14H19F2N3. The smallest absolute Gasteiger partial charge is 0.183 e. The molecule has 104 valence electrons. The number of nitrogens with one attached hydrogen (secondary N) is 1. The number of nitrogens with zero attached hydrogens (tertiary/aromatic N) is 2. The molecule has 0 aromatic heterocycles. The quantitative estimate of drug-likeness (QED) is 0.891. The zero-order valence-corrected chi connectivity index (χ0v) is 11.7. The summed E-state index contributed by atoms with van der Waals surface area (Å²) in [4.78, 5) is 1.98. The Morgan fingerprint density at radius 1 is 1.26 bits per heavy atom. The molecule has 1 aromatic rings. The SMILES string of the molecule is CC(C)C(CN(C)C)Nc1ccc(C#N)c(F)c1F.